The van der Waals surface area contributed by atoms with Crippen LogP contribution in [0.1, 0.15) is 6.42 Å². The highest BCUT2D eigenvalue weighted by molar-refractivity contribution is 5.51. The molecule has 0 bridgehead atoms. The van der Waals surface area contributed by atoms with Gasteiger partial charge in [-0.15, -0.1) is 0 Å². The molecule has 0 aliphatic carbocycles. The van der Waals surface area contributed by atoms with Crippen LogP contribution in [-0.2, 0) is 4.79 Å². The van der Waals surface area contributed by atoms with E-state index in [0.717, 1.165) is 19.3 Å². The molecule has 0 rings (SSSR count). The van der Waals surface area contributed by atoms with Crippen molar-refractivity contribution in [2.24, 2.45) is 5.73 Å². The SMILES string of the molecule is NCCCNCC=O. The van der Waals surface area contributed by atoms with Crippen LogP contribution in [0.25, 0.3) is 0 Å². The van der Waals surface area contributed by atoms with Gasteiger partial charge in [0.25, 0.3) is 0 Å². The second kappa shape index (κ2) is 6.59. The molecule has 0 spiro atoms. The maximum absolute atomic E-state index is 9.67. The minimum atomic E-state index is 0.444. The number of hydrogen-bond acceptors (Lipinski definition) is 3. The van der Waals surface area contributed by atoms with Gasteiger partial charge in [0.1, 0.15) is 6.29 Å². The van der Waals surface area contributed by atoms with Crippen molar-refractivity contribution in [2.75, 3.05) is 19.6 Å². The van der Waals surface area contributed by atoms with Crippen LogP contribution < -0.4 is 11.1 Å². The Hall–Kier alpha value is -0.410. The van der Waals surface area contributed by atoms with Gasteiger partial charge in [-0.2, -0.15) is 0 Å². The Bertz CT molecular complexity index is 56.4. The van der Waals surface area contributed by atoms with E-state index in [1.807, 2.05) is 0 Å². The van der Waals surface area contributed by atoms with E-state index in [0.29, 0.717) is 13.1 Å². The molecule has 0 radical (unpaired) electrons. The fourth-order valence-corrected chi connectivity index (χ4v) is 0.388. The van der Waals surface area contributed by atoms with Crippen LogP contribution in [0.3, 0.4) is 0 Å². The molecule has 0 aliphatic rings. The van der Waals surface area contributed by atoms with Gasteiger partial charge < -0.3 is 15.8 Å². The van der Waals surface area contributed by atoms with Crippen molar-refractivity contribution in [2.45, 2.75) is 6.42 Å². The molecule has 0 fully saturated rings. The average molecular weight is 116 g/mol. The fourth-order valence-electron chi connectivity index (χ4n) is 0.388. The van der Waals surface area contributed by atoms with Crippen molar-refractivity contribution >= 4 is 6.29 Å². The highest BCUT2D eigenvalue weighted by Gasteiger charge is 1.80. The minimum Gasteiger partial charge on any atom is -0.330 e. The quantitative estimate of drug-likeness (QED) is 0.362. The molecule has 0 amide bonds. The van der Waals surface area contributed by atoms with Crippen molar-refractivity contribution in [1.29, 1.82) is 0 Å². The highest BCUT2D eigenvalue weighted by Crippen LogP contribution is 1.65. The number of carbonyl (C=O) groups is 1. The standard InChI is InChI=1S/C5H12N2O/c6-2-1-3-7-4-5-8/h5,7H,1-4,6H2. The zero-order valence-electron chi connectivity index (χ0n) is 4.89. The maximum Gasteiger partial charge on any atom is 0.133 e. The molecule has 0 aromatic rings. The summed E-state index contributed by atoms with van der Waals surface area (Å²) in [6.45, 7) is 1.97. The van der Waals surface area contributed by atoms with Gasteiger partial charge in [0.2, 0.25) is 0 Å². The Labute approximate surface area is 49.3 Å². The number of aldehydes is 1. The van der Waals surface area contributed by atoms with Gasteiger partial charge in [0.15, 0.2) is 0 Å². The molecule has 0 saturated heterocycles. The molecule has 0 aromatic carbocycles. The monoisotopic (exact) mass is 116 g/mol. The zero-order chi connectivity index (χ0) is 6.24. The average Bonchev–Trinajstić information content (AvgIpc) is 1.81. The summed E-state index contributed by atoms with van der Waals surface area (Å²) >= 11 is 0. The first-order chi connectivity index (χ1) is 3.91. The number of nitrogens with two attached hydrogens (primary N) is 1. The summed E-state index contributed by atoms with van der Waals surface area (Å²) in [4.78, 5) is 9.67. The molecule has 0 saturated carbocycles. The van der Waals surface area contributed by atoms with Crippen molar-refractivity contribution in [3.05, 3.63) is 0 Å². The molecule has 48 valence electrons. The maximum atomic E-state index is 9.67. The lowest BCUT2D eigenvalue weighted by Gasteiger charge is -1.94. The fraction of sp³-hybridized carbons (Fsp3) is 0.800. The lowest BCUT2D eigenvalue weighted by molar-refractivity contribution is -0.107. The van der Waals surface area contributed by atoms with Gasteiger partial charge in [0.05, 0.1) is 6.54 Å². The van der Waals surface area contributed by atoms with Crippen LogP contribution in [0.2, 0.25) is 0 Å². The first kappa shape index (κ1) is 7.59. The molecular weight excluding hydrogens is 104 g/mol. The molecule has 3 heteroatoms. The largest absolute Gasteiger partial charge is 0.330 e. The summed E-state index contributed by atoms with van der Waals surface area (Å²) in [7, 11) is 0. The summed E-state index contributed by atoms with van der Waals surface area (Å²) < 4.78 is 0. The Kier molecular flexibility index (Phi) is 6.25. The Morgan fingerprint density at radius 2 is 2.38 bits per heavy atom. The summed E-state index contributed by atoms with van der Waals surface area (Å²) in [5.74, 6) is 0. The minimum absolute atomic E-state index is 0.444. The molecule has 0 atom stereocenters. The van der Waals surface area contributed by atoms with E-state index >= 15 is 0 Å². The summed E-state index contributed by atoms with van der Waals surface area (Å²) in [6, 6.07) is 0. The van der Waals surface area contributed by atoms with Crippen molar-refractivity contribution < 1.29 is 4.79 Å². The summed E-state index contributed by atoms with van der Waals surface area (Å²) in [5, 5.41) is 2.89. The summed E-state index contributed by atoms with van der Waals surface area (Å²) in [5.41, 5.74) is 5.18. The Morgan fingerprint density at radius 1 is 1.62 bits per heavy atom. The molecule has 3 nitrogen and oxygen atoms in total. The molecular formula is C5H12N2O. The van der Waals surface area contributed by atoms with Crippen LogP contribution in [-0.4, -0.2) is 25.9 Å². The number of nitrogens with one attached hydrogen (secondary N) is 1. The molecule has 0 unspecified atom stereocenters. The van der Waals surface area contributed by atoms with Gasteiger partial charge >= 0.3 is 0 Å². The second-order valence-electron chi connectivity index (χ2n) is 1.51. The predicted molar refractivity (Wildman–Crippen MR) is 32.6 cm³/mol. The van der Waals surface area contributed by atoms with E-state index in [4.69, 9.17) is 5.73 Å². The number of rotatable bonds is 5. The Balaban J connectivity index is 2.62. The Morgan fingerprint density at radius 3 is 2.88 bits per heavy atom. The van der Waals surface area contributed by atoms with Gasteiger partial charge in [-0.25, -0.2) is 0 Å². The highest BCUT2D eigenvalue weighted by atomic mass is 16.1. The first-order valence-electron chi connectivity index (χ1n) is 2.76. The van der Waals surface area contributed by atoms with E-state index in [1.165, 1.54) is 0 Å². The third kappa shape index (κ3) is 5.59. The van der Waals surface area contributed by atoms with Crippen molar-refractivity contribution in [1.82, 2.24) is 5.32 Å². The van der Waals surface area contributed by atoms with Gasteiger partial charge in [-0.3, -0.25) is 0 Å². The van der Waals surface area contributed by atoms with Crippen LogP contribution in [0.5, 0.6) is 0 Å². The lowest BCUT2D eigenvalue weighted by Crippen LogP contribution is -2.19. The van der Waals surface area contributed by atoms with E-state index in [-0.39, 0.29) is 0 Å². The van der Waals surface area contributed by atoms with Crippen molar-refractivity contribution in [3.8, 4) is 0 Å². The number of hydrogen-bond donors (Lipinski definition) is 2. The van der Waals surface area contributed by atoms with Crippen molar-refractivity contribution in [3.63, 3.8) is 0 Å². The third-order valence-electron chi connectivity index (χ3n) is 0.785. The number of carbonyl (C=O) groups excluding carboxylic acids is 1. The van der Waals surface area contributed by atoms with Gasteiger partial charge in [0, 0.05) is 0 Å². The van der Waals surface area contributed by atoms with E-state index in [1.54, 1.807) is 0 Å². The normalized spacial score (nSPS) is 9.12. The molecule has 0 aromatic heterocycles. The van der Waals surface area contributed by atoms with Crippen LogP contribution in [0.15, 0.2) is 0 Å². The zero-order valence-corrected chi connectivity index (χ0v) is 4.89. The lowest BCUT2D eigenvalue weighted by atomic mass is 10.4. The van der Waals surface area contributed by atoms with E-state index in [2.05, 4.69) is 5.32 Å². The van der Waals surface area contributed by atoms with Crippen LogP contribution in [0.4, 0.5) is 0 Å². The predicted octanol–water partition coefficient (Wildman–Crippen LogP) is -0.876. The first-order valence-corrected chi connectivity index (χ1v) is 2.76. The third-order valence-corrected chi connectivity index (χ3v) is 0.785. The smallest absolute Gasteiger partial charge is 0.133 e. The van der Waals surface area contributed by atoms with E-state index < -0.39 is 0 Å². The van der Waals surface area contributed by atoms with Gasteiger partial charge in [-0.05, 0) is 19.5 Å². The molecule has 0 heterocycles. The van der Waals surface area contributed by atoms with Crippen LogP contribution >= 0.6 is 0 Å². The van der Waals surface area contributed by atoms with Crippen LogP contribution in [0, 0.1) is 0 Å². The molecule has 8 heavy (non-hydrogen) atoms. The topological polar surface area (TPSA) is 55.1 Å². The van der Waals surface area contributed by atoms with Gasteiger partial charge in [-0.1, -0.05) is 0 Å². The summed E-state index contributed by atoms with van der Waals surface area (Å²) in [6.07, 6.45) is 1.78. The molecule has 3 N–H and O–H groups in total. The molecule has 0 aliphatic heterocycles. The second-order valence-corrected chi connectivity index (χ2v) is 1.51. The van der Waals surface area contributed by atoms with E-state index in [9.17, 15) is 4.79 Å².